The van der Waals surface area contributed by atoms with Crippen LogP contribution in [-0.4, -0.2) is 23.2 Å². The summed E-state index contributed by atoms with van der Waals surface area (Å²) in [6.07, 6.45) is -0.230. The molecule has 7 nitrogen and oxygen atoms in total. The number of ether oxygens (including phenoxy) is 2. The lowest BCUT2D eigenvalue weighted by molar-refractivity contribution is 0.0990. The normalized spacial score (nSPS) is 11.8. The van der Waals surface area contributed by atoms with Crippen LogP contribution in [0.25, 0.3) is 0 Å². The van der Waals surface area contributed by atoms with Crippen molar-refractivity contribution in [1.29, 1.82) is 0 Å². The fraction of sp³-hybridized carbons (Fsp3) is 0.211. The molecule has 1 heterocycles. The van der Waals surface area contributed by atoms with Gasteiger partial charge in [-0.1, -0.05) is 17.3 Å². The summed E-state index contributed by atoms with van der Waals surface area (Å²) in [6, 6.07) is 10.8. The zero-order valence-corrected chi connectivity index (χ0v) is 14.8. The Morgan fingerprint density at radius 2 is 2.00 bits per heavy atom. The van der Waals surface area contributed by atoms with E-state index in [0.717, 1.165) is 5.56 Å². The molecule has 0 saturated heterocycles. The van der Waals surface area contributed by atoms with E-state index in [1.807, 2.05) is 0 Å². The van der Waals surface area contributed by atoms with Crippen LogP contribution in [0.5, 0.6) is 11.5 Å². The predicted molar refractivity (Wildman–Crippen MR) is 94.1 cm³/mol. The Labute approximate surface area is 154 Å². The second kappa shape index (κ2) is 7.86. The number of methoxy groups -OCH3 is 1. The van der Waals surface area contributed by atoms with E-state index >= 15 is 0 Å². The van der Waals surface area contributed by atoms with Crippen molar-refractivity contribution in [3.63, 3.8) is 0 Å². The van der Waals surface area contributed by atoms with E-state index in [-0.39, 0.29) is 23.0 Å². The molecule has 0 aliphatic heterocycles. The Balaban J connectivity index is 1.75. The Kier molecular flexibility index (Phi) is 5.35. The number of hydrogen-bond acceptors (Lipinski definition) is 6. The number of halogens is 1. The average Bonchev–Trinajstić information content (AvgIpc) is 3.12. The molecule has 0 unspecified atom stereocenters. The van der Waals surface area contributed by atoms with E-state index in [1.54, 1.807) is 31.2 Å². The molecule has 3 aromatic rings. The smallest absolute Gasteiger partial charge is 0.267 e. The van der Waals surface area contributed by atoms with Gasteiger partial charge in [0.05, 0.1) is 12.7 Å². The van der Waals surface area contributed by atoms with Crippen LogP contribution in [0.3, 0.4) is 0 Å². The zero-order chi connectivity index (χ0) is 19.4. The molecule has 2 N–H and O–H groups in total. The first-order chi connectivity index (χ1) is 13.0. The number of aromatic nitrogens is 2. The highest BCUT2D eigenvalue weighted by Gasteiger charge is 2.19. The maximum Gasteiger partial charge on any atom is 0.267 e. The van der Waals surface area contributed by atoms with Crippen LogP contribution in [0.1, 0.15) is 40.7 Å². The van der Waals surface area contributed by atoms with Crippen LogP contribution in [-0.2, 0) is 6.42 Å². The molecule has 1 aromatic heterocycles. The summed E-state index contributed by atoms with van der Waals surface area (Å²) in [5, 5.41) is 3.91. The summed E-state index contributed by atoms with van der Waals surface area (Å²) in [4.78, 5) is 15.9. The van der Waals surface area contributed by atoms with Gasteiger partial charge in [-0.25, -0.2) is 4.39 Å². The van der Waals surface area contributed by atoms with E-state index < -0.39 is 12.0 Å². The van der Waals surface area contributed by atoms with Gasteiger partial charge in [0.25, 0.3) is 11.8 Å². The van der Waals surface area contributed by atoms with Crippen LogP contribution in [0.4, 0.5) is 4.39 Å². The van der Waals surface area contributed by atoms with Gasteiger partial charge >= 0.3 is 0 Å². The topological polar surface area (TPSA) is 100 Å². The molecule has 1 amide bonds. The molecule has 2 aromatic carbocycles. The molecular weight excluding hydrogens is 353 g/mol. The number of nitrogens with two attached hydrogens (primary N) is 1. The van der Waals surface area contributed by atoms with Crippen molar-refractivity contribution in [1.82, 2.24) is 10.1 Å². The van der Waals surface area contributed by atoms with Crippen LogP contribution < -0.4 is 15.2 Å². The van der Waals surface area contributed by atoms with E-state index in [2.05, 4.69) is 10.1 Å². The lowest BCUT2D eigenvalue weighted by atomic mass is 10.1. The molecule has 0 aliphatic rings. The Bertz CT molecular complexity index is 940. The number of hydrogen-bond donors (Lipinski definition) is 1. The van der Waals surface area contributed by atoms with Gasteiger partial charge in [0.2, 0.25) is 0 Å². The van der Waals surface area contributed by atoms with Gasteiger partial charge in [-0.05, 0) is 36.8 Å². The summed E-state index contributed by atoms with van der Waals surface area (Å²) in [5.41, 5.74) is 6.45. The maximum atomic E-state index is 13.0. The minimum Gasteiger partial charge on any atom is -0.497 e. The van der Waals surface area contributed by atoms with Crippen LogP contribution >= 0.6 is 0 Å². The molecule has 140 valence electrons. The largest absolute Gasteiger partial charge is 0.497 e. The van der Waals surface area contributed by atoms with Crippen molar-refractivity contribution >= 4 is 5.91 Å². The first-order valence-electron chi connectivity index (χ1n) is 8.17. The second-order valence-corrected chi connectivity index (χ2v) is 5.84. The maximum absolute atomic E-state index is 13.0. The van der Waals surface area contributed by atoms with Gasteiger partial charge < -0.3 is 19.7 Å². The average molecular weight is 371 g/mol. The third-order valence-electron chi connectivity index (χ3n) is 3.87. The Morgan fingerprint density at radius 1 is 1.26 bits per heavy atom. The van der Waals surface area contributed by atoms with Gasteiger partial charge in [-0.2, -0.15) is 4.98 Å². The van der Waals surface area contributed by atoms with Crippen LogP contribution in [0.2, 0.25) is 0 Å². The number of carbonyl (C=O) groups is 1. The number of carbonyl (C=O) groups excluding carboxylic acids is 1. The molecule has 0 fully saturated rings. The van der Waals surface area contributed by atoms with E-state index in [1.165, 1.54) is 25.3 Å². The molecule has 0 spiro atoms. The zero-order valence-electron chi connectivity index (χ0n) is 14.8. The summed E-state index contributed by atoms with van der Waals surface area (Å²) in [7, 11) is 1.51. The number of benzene rings is 2. The highest BCUT2D eigenvalue weighted by Crippen LogP contribution is 2.28. The summed E-state index contributed by atoms with van der Waals surface area (Å²) < 4.78 is 29.2. The fourth-order valence-corrected chi connectivity index (χ4v) is 2.46. The van der Waals surface area contributed by atoms with Crippen molar-refractivity contribution in [2.45, 2.75) is 19.4 Å². The van der Waals surface area contributed by atoms with Gasteiger partial charge in [0.1, 0.15) is 17.3 Å². The monoisotopic (exact) mass is 371 g/mol. The highest BCUT2D eigenvalue weighted by molar-refractivity contribution is 5.95. The molecule has 27 heavy (non-hydrogen) atoms. The highest BCUT2D eigenvalue weighted by atomic mass is 19.1. The first kappa shape index (κ1) is 18.4. The summed E-state index contributed by atoms with van der Waals surface area (Å²) in [6.45, 7) is 1.71. The van der Waals surface area contributed by atoms with Crippen LogP contribution in [0.15, 0.2) is 47.0 Å². The number of rotatable bonds is 7. The number of primary amides is 1. The predicted octanol–water partition coefficient (Wildman–Crippen LogP) is 3.05. The van der Waals surface area contributed by atoms with Crippen molar-refractivity contribution in [3.05, 3.63) is 71.1 Å². The van der Waals surface area contributed by atoms with Crippen molar-refractivity contribution in [2.75, 3.05) is 7.11 Å². The number of nitrogens with zero attached hydrogens (tertiary/aromatic N) is 2. The molecular formula is C19H18FN3O4. The lowest BCUT2D eigenvalue weighted by Crippen LogP contribution is -2.14. The van der Waals surface area contributed by atoms with Gasteiger partial charge in [0, 0.05) is 12.5 Å². The molecule has 8 heteroatoms. The van der Waals surface area contributed by atoms with Crippen molar-refractivity contribution < 1.29 is 23.2 Å². The molecule has 0 radical (unpaired) electrons. The van der Waals surface area contributed by atoms with Crippen molar-refractivity contribution in [2.24, 2.45) is 5.73 Å². The Morgan fingerprint density at radius 3 is 2.67 bits per heavy atom. The van der Waals surface area contributed by atoms with Gasteiger partial charge in [0.15, 0.2) is 11.9 Å². The van der Waals surface area contributed by atoms with Crippen LogP contribution in [0, 0.1) is 5.82 Å². The fourth-order valence-electron chi connectivity index (χ4n) is 2.46. The minimum atomic E-state index is -0.623. The van der Waals surface area contributed by atoms with E-state index in [9.17, 15) is 9.18 Å². The Hall–Kier alpha value is -3.42. The lowest BCUT2D eigenvalue weighted by Gasteiger charge is -2.14. The molecule has 0 bridgehead atoms. The summed E-state index contributed by atoms with van der Waals surface area (Å²) >= 11 is 0. The molecule has 3 rings (SSSR count). The van der Waals surface area contributed by atoms with E-state index in [4.69, 9.17) is 19.7 Å². The third-order valence-corrected chi connectivity index (χ3v) is 3.87. The quantitative estimate of drug-likeness (QED) is 0.685. The standard InChI is InChI=1S/C19H18FN3O4/c1-11(26-16-10-14(25-2)7-8-15(16)18(21)24)19-22-17(23-27-19)9-12-3-5-13(20)6-4-12/h3-8,10-11H,9H2,1-2H3,(H2,21,24)/t11-/m0/s1. The van der Waals surface area contributed by atoms with Gasteiger partial charge in [-0.15, -0.1) is 0 Å². The third kappa shape index (κ3) is 4.41. The number of amides is 1. The second-order valence-electron chi connectivity index (χ2n) is 5.84. The molecule has 1 atom stereocenters. The molecule has 0 aliphatic carbocycles. The van der Waals surface area contributed by atoms with Gasteiger partial charge in [-0.3, -0.25) is 4.79 Å². The summed E-state index contributed by atoms with van der Waals surface area (Å²) in [5.74, 6) is 0.524. The molecule has 0 saturated carbocycles. The van der Waals surface area contributed by atoms with E-state index in [0.29, 0.717) is 18.0 Å². The minimum absolute atomic E-state index is 0.216. The first-order valence-corrected chi connectivity index (χ1v) is 8.17. The van der Waals surface area contributed by atoms with Crippen molar-refractivity contribution in [3.8, 4) is 11.5 Å². The SMILES string of the molecule is COc1ccc(C(N)=O)c(O[C@@H](C)c2nc(Cc3ccc(F)cc3)no2)c1.